The molecule has 1 heterocycles. The summed E-state index contributed by atoms with van der Waals surface area (Å²) in [5.41, 5.74) is 1.29. The van der Waals surface area contributed by atoms with Crippen molar-refractivity contribution in [3.8, 4) is 5.75 Å². The van der Waals surface area contributed by atoms with Gasteiger partial charge in [-0.15, -0.1) is 11.3 Å². The Bertz CT molecular complexity index is 705. The molecule has 3 rings (SSSR count). The van der Waals surface area contributed by atoms with E-state index in [1.165, 1.54) is 36.1 Å². The van der Waals surface area contributed by atoms with E-state index in [0.717, 1.165) is 29.7 Å². The van der Waals surface area contributed by atoms with Gasteiger partial charge in [-0.1, -0.05) is 12.1 Å². The summed E-state index contributed by atoms with van der Waals surface area (Å²) in [5, 5.41) is 7.73. The van der Waals surface area contributed by atoms with Gasteiger partial charge in [-0.25, -0.2) is 4.98 Å². The van der Waals surface area contributed by atoms with Gasteiger partial charge in [0.15, 0.2) is 5.96 Å². The van der Waals surface area contributed by atoms with Crippen LogP contribution in [0.25, 0.3) is 0 Å². The Morgan fingerprint density at radius 2 is 2.00 bits per heavy atom. The first kappa shape index (κ1) is 18.7. The Morgan fingerprint density at radius 1 is 1.23 bits per heavy atom. The van der Waals surface area contributed by atoms with Crippen molar-refractivity contribution in [1.82, 2.24) is 15.6 Å². The SMILES string of the molecule is CN=C(NCCc1ccc(OC2CCCC2)cc1)NCc1ncc(C)s1. The van der Waals surface area contributed by atoms with Gasteiger partial charge in [0.1, 0.15) is 10.8 Å². The summed E-state index contributed by atoms with van der Waals surface area (Å²) in [4.78, 5) is 9.85. The minimum absolute atomic E-state index is 0.415. The van der Waals surface area contributed by atoms with E-state index in [2.05, 4.69) is 51.8 Å². The highest BCUT2D eigenvalue weighted by atomic mass is 32.1. The molecule has 140 valence electrons. The zero-order valence-electron chi connectivity index (χ0n) is 15.6. The molecule has 2 N–H and O–H groups in total. The summed E-state index contributed by atoms with van der Waals surface area (Å²) in [7, 11) is 1.79. The normalized spacial score (nSPS) is 15.2. The van der Waals surface area contributed by atoms with Gasteiger partial charge >= 0.3 is 0 Å². The van der Waals surface area contributed by atoms with Crippen LogP contribution in [0.5, 0.6) is 5.75 Å². The van der Waals surface area contributed by atoms with Crippen molar-refractivity contribution in [1.29, 1.82) is 0 Å². The molecule has 0 saturated heterocycles. The van der Waals surface area contributed by atoms with Gasteiger partial charge in [-0.05, 0) is 56.7 Å². The maximum Gasteiger partial charge on any atom is 0.191 e. The molecule has 1 fully saturated rings. The van der Waals surface area contributed by atoms with Gasteiger partial charge in [0, 0.05) is 24.7 Å². The van der Waals surface area contributed by atoms with Gasteiger partial charge in [0.05, 0.1) is 12.6 Å². The number of aromatic nitrogens is 1. The molecule has 0 amide bonds. The van der Waals surface area contributed by atoms with E-state index < -0.39 is 0 Å². The van der Waals surface area contributed by atoms with E-state index in [1.807, 2.05) is 6.20 Å². The number of nitrogens with one attached hydrogen (secondary N) is 2. The molecule has 1 aromatic heterocycles. The number of ether oxygens (including phenoxy) is 1. The molecule has 0 radical (unpaired) electrons. The lowest BCUT2D eigenvalue weighted by molar-refractivity contribution is 0.210. The number of aliphatic imine (C=N–C) groups is 1. The number of thiazole rings is 1. The van der Waals surface area contributed by atoms with E-state index in [1.54, 1.807) is 18.4 Å². The number of nitrogens with zero attached hydrogens (tertiary/aromatic N) is 2. The van der Waals surface area contributed by atoms with Crippen molar-refractivity contribution in [2.75, 3.05) is 13.6 Å². The van der Waals surface area contributed by atoms with E-state index in [-0.39, 0.29) is 0 Å². The molecular formula is C20H28N4OS. The van der Waals surface area contributed by atoms with Crippen LogP contribution in [0.3, 0.4) is 0 Å². The van der Waals surface area contributed by atoms with E-state index in [9.17, 15) is 0 Å². The van der Waals surface area contributed by atoms with Crippen molar-refractivity contribution < 1.29 is 4.74 Å². The molecular weight excluding hydrogens is 344 g/mol. The average molecular weight is 373 g/mol. The highest BCUT2D eigenvalue weighted by molar-refractivity contribution is 7.11. The van der Waals surface area contributed by atoms with Crippen LogP contribution in [-0.2, 0) is 13.0 Å². The smallest absolute Gasteiger partial charge is 0.191 e. The van der Waals surface area contributed by atoms with Gasteiger partial charge in [0.2, 0.25) is 0 Å². The van der Waals surface area contributed by atoms with Crippen LogP contribution >= 0.6 is 11.3 Å². The predicted molar refractivity (Wildman–Crippen MR) is 108 cm³/mol. The second-order valence-electron chi connectivity index (χ2n) is 6.64. The summed E-state index contributed by atoms with van der Waals surface area (Å²) >= 11 is 1.71. The van der Waals surface area contributed by atoms with Gasteiger partial charge in [-0.2, -0.15) is 0 Å². The zero-order chi connectivity index (χ0) is 18.2. The minimum Gasteiger partial charge on any atom is -0.490 e. The molecule has 1 aliphatic carbocycles. The number of hydrogen-bond donors (Lipinski definition) is 2. The van der Waals surface area contributed by atoms with E-state index in [0.29, 0.717) is 12.6 Å². The van der Waals surface area contributed by atoms with Crippen molar-refractivity contribution >= 4 is 17.3 Å². The monoisotopic (exact) mass is 372 g/mol. The first-order valence-corrected chi connectivity index (χ1v) is 10.2. The number of rotatable bonds is 7. The molecule has 5 nitrogen and oxygen atoms in total. The van der Waals surface area contributed by atoms with E-state index in [4.69, 9.17) is 4.74 Å². The molecule has 1 aromatic carbocycles. The molecule has 0 unspecified atom stereocenters. The number of hydrogen-bond acceptors (Lipinski definition) is 4. The summed E-state index contributed by atoms with van der Waals surface area (Å²) < 4.78 is 6.02. The maximum atomic E-state index is 6.02. The fourth-order valence-electron chi connectivity index (χ4n) is 3.12. The highest BCUT2D eigenvalue weighted by Crippen LogP contribution is 2.24. The molecule has 1 aliphatic rings. The Balaban J connectivity index is 1.38. The first-order valence-electron chi connectivity index (χ1n) is 9.34. The second kappa shape index (κ2) is 9.57. The first-order chi connectivity index (χ1) is 12.7. The van der Waals surface area contributed by atoms with Crippen molar-refractivity contribution in [3.05, 3.63) is 45.9 Å². The second-order valence-corrected chi connectivity index (χ2v) is 7.95. The Labute approximate surface area is 159 Å². The fraction of sp³-hybridized carbons (Fsp3) is 0.500. The third kappa shape index (κ3) is 5.73. The molecule has 0 aliphatic heterocycles. The summed E-state index contributed by atoms with van der Waals surface area (Å²) in [6.45, 7) is 3.60. The van der Waals surface area contributed by atoms with Crippen LogP contribution in [0.4, 0.5) is 0 Å². The highest BCUT2D eigenvalue weighted by Gasteiger charge is 2.16. The maximum absolute atomic E-state index is 6.02. The number of benzene rings is 1. The average Bonchev–Trinajstić information content (AvgIpc) is 3.31. The molecule has 2 aromatic rings. The largest absolute Gasteiger partial charge is 0.490 e. The molecule has 1 saturated carbocycles. The Hall–Kier alpha value is -2.08. The number of guanidine groups is 1. The van der Waals surface area contributed by atoms with Crippen molar-refractivity contribution in [2.24, 2.45) is 4.99 Å². The van der Waals surface area contributed by atoms with Crippen LogP contribution in [0.1, 0.15) is 41.1 Å². The van der Waals surface area contributed by atoms with Crippen LogP contribution in [0.15, 0.2) is 35.5 Å². The van der Waals surface area contributed by atoms with Crippen LogP contribution in [-0.4, -0.2) is 30.6 Å². The lowest BCUT2D eigenvalue weighted by Gasteiger charge is -2.14. The lowest BCUT2D eigenvalue weighted by Crippen LogP contribution is -2.37. The molecule has 0 spiro atoms. The topological polar surface area (TPSA) is 58.5 Å². The van der Waals surface area contributed by atoms with Crippen molar-refractivity contribution in [2.45, 2.75) is 51.7 Å². The summed E-state index contributed by atoms with van der Waals surface area (Å²) in [6.07, 6.45) is 8.24. The van der Waals surface area contributed by atoms with Crippen LogP contribution in [0.2, 0.25) is 0 Å². The Kier molecular flexibility index (Phi) is 6.89. The third-order valence-electron chi connectivity index (χ3n) is 4.53. The molecule has 0 atom stereocenters. The van der Waals surface area contributed by atoms with Crippen LogP contribution in [0, 0.1) is 6.92 Å². The molecule has 26 heavy (non-hydrogen) atoms. The van der Waals surface area contributed by atoms with E-state index >= 15 is 0 Å². The van der Waals surface area contributed by atoms with Gasteiger partial charge < -0.3 is 15.4 Å². The standard InChI is InChI=1S/C20H28N4OS/c1-15-13-23-19(26-15)14-24-20(21-2)22-12-11-16-7-9-18(10-8-16)25-17-5-3-4-6-17/h7-10,13,17H,3-6,11-12,14H2,1-2H3,(H2,21,22,24). The predicted octanol–water partition coefficient (Wildman–Crippen LogP) is 3.68. The lowest BCUT2D eigenvalue weighted by atomic mass is 10.1. The fourth-order valence-corrected chi connectivity index (χ4v) is 3.85. The molecule has 6 heteroatoms. The zero-order valence-corrected chi connectivity index (χ0v) is 16.4. The van der Waals surface area contributed by atoms with Crippen LogP contribution < -0.4 is 15.4 Å². The van der Waals surface area contributed by atoms with Gasteiger partial charge in [-0.3, -0.25) is 4.99 Å². The van der Waals surface area contributed by atoms with Crippen molar-refractivity contribution in [3.63, 3.8) is 0 Å². The number of aryl methyl sites for hydroxylation is 1. The quantitative estimate of drug-likeness (QED) is 0.575. The summed E-state index contributed by atoms with van der Waals surface area (Å²) in [6, 6.07) is 8.48. The van der Waals surface area contributed by atoms with Gasteiger partial charge in [0.25, 0.3) is 0 Å². The summed E-state index contributed by atoms with van der Waals surface area (Å²) in [5.74, 6) is 1.80. The third-order valence-corrected chi connectivity index (χ3v) is 5.45. The molecule has 0 bridgehead atoms. The minimum atomic E-state index is 0.415. The Morgan fingerprint density at radius 3 is 2.65 bits per heavy atom.